The summed E-state index contributed by atoms with van der Waals surface area (Å²) in [4.78, 5) is 2.59. The summed E-state index contributed by atoms with van der Waals surface area (Å²) in [7, 11) is 2.03. The lowest BCUT2D eigenvalue weighted by Crippen LogP contribution is -2.27. The van der Waals surface area contributed by atoms with E-state index in [0.717, 1.165) is 32.0 Å². The van der Waals surface area contributed by atoms with E-state index in [1.165, 1.54) is 23.1 Å². The van der Waals surface area contributed by atoms with Gasteiger partial charge in [-0.05, 0) is 68.9 Å². The SMILES string of the molecule is CNCC1CCN(C2CC(C)c3c(C)ccc(O)c32)C1. The smallest absolute Gasteiger partial charge is 0.120 e. The van der Waals surface area contributed by atoms with Gasteiger partial charge in [0.15, 0.2) is 0 Å². The quantitative estimate of drug-likeness (QED) is 0.889. The number of fused-ring (bicyclic) bond motifs is 1. The summed E-state index contributed by atoms with van der Waals surface area (Å²) in [5, 5.41) is 13.6. The van der Waals surface area contributed by atoms with E-state index in [-0.39, 0.29) is 0 Å². The molecule has 2 aliphatic rings. The Hall–Kier alpha value is -1.06. The number of rotatable bonds is 3. The summed E-state index contributed by atoms with van der Waals surface area (Å²) in [6, 6.07) is 4.35. The molecule has 1 saturated heterocycles. The number of hydrogen-bond donors (Lipinski definition) is 2. The normalized spacial score (nSPS) is 29.9. The second kappa shape index (κ2) is 5.38. The largest absolute Gasteiger partial charge is 0.508 e. The van der Waals surface area contributed by atoms with Gasteiger partial charge in [0.05, 0.1) is 0 Å². The highest BCUT2D eigenvalue weighted by Crippen LogP contribution is 2.49. The van der Waals surface area contributed by atoms with Crippen molar-refractivity contribution < 1.29 is 5.11 Å². The molecule has 1 aliphatic heterocycles. The Bertz CT molecular complexity index is 500. The highest BCUT2D eigenvalue weighted by molar-refractivity contribution is 5.51. The summed E-state index contributed by atoms with van der Waals surface area (Å²) in [6.07, 6.45) is 2.42. The molecule has 3 heteroatoms. The molecule has 2 N–H and O–H groups in total. The fourth-order valence-electron chi connectivity index (χ4n) is 4.24. The molecule has 0 radical (unpaired) electrons. The first-order valence-corrected chi connectivity index (χ1v) is 7.82. The van der Waals surface area contributed by atoms with E-state index in [1.807, 2.05) is 13.1 Å². The fraction of sp³-hybridized carbons (Fsp3) is 0.647. The van der Waals surface area contributed by atoms with Crippen molar-refractivity contribution in [1.29, 1.82) is 0 Å². The van der Waals surface area contributed by atoms with Crippen LogP contribution in [0, 0.1) is 12.8 Å². The maximum atomic E-state index is 10.3. The molecule has 1 aromatic rings. The predicted octanol–water partition coefficient (Wildman–Crippen LogP) is 2.79. The predicted molar refractivity (Wildman–Crippen MR) is 82.2 cm³/mol. The molecule has 20 heavy (non-hydrogen) atoms. The van der Waals surface area contributed by atoms with Gasteiger partial charge in [-0.15, -0.1) is 0 Å². The van der Waals surface area contributed by atoms with Gasteiger partial charge in [0.2, 0.25) is 0 Å². The molecule has 0 saturated carbocycles. The van der Waals surface area contributed by atoms with E-state index in [2.05, 4.69) is 30.1 Å². The minimum Gasteiger partial charge on any atom is -0.508 e. The molecular weight excluding hydrogens is 248 g/mol. The molecular formula is C17H26N2O. The van der Waals surface area contributed by atoms with Crippen LogP contribution < -0.4 is 5.32 Å². The van der Waals surface area contributed by atoms with Crippen LogP contribution in [0.25, 0.3) is 0 Å². The Labute approximate surface area is 122 Å². The summed E-state index contributed by atoms with van der Waals surface area (Å²) in [6.45, 7) is 7.89. The number of benzene rings is 1. The molecule has 3 rings (SSSR count). The zero-order valence-electron chi connectivity index (χ0n) is 12.8. The van der Waals surface area contributed by atoms with Crippen molar-refractivity contribution >= 4 is 0 Å². The Morgan fingerprint density at radius 3 is 2.90 bits per heavy atom. The van der Waals surface area contributed by atoms with Gasteiger partial charge in [0.1, 0.15) is 5.75 Å². The number of phenols is 1. The van der Waals surface area contributed by atoms with E-state index in [4.69, 9.17) is 0 Å². The van der Waals surface area contributed by atoms with E-state index in [1.54, 1.807) is 0 Å². The number of phenolic OH excluding ortho intramolecular Hbond substituents is 1. The third-order valence-corrected chi connectivity index (χ3v) is 5.14. The summed E-state index contributed by atoms with van der Waals surface area (Å²) in [5.74, 6) is 1.81. The van der Waals surface area contributed by atoms with E-state index < -0.39 is 0 Å². The molecule has 0 bridgehead atoms. The van der Waals surface area contributed by atoms with Crippen molar-refractivity contribution in [2.75, 3.05) is 26.7 Å². The van der Waals surface area contributed by atoms with Crippen molar-refractivity contribution in [2.45, 2.75) is 38.6 Å². The molecule has 1 heterocycles. The average Bonchev–Trinajstić information content (AvgIpc) is 3.00. The number of aryl methyl sites for hydroxylation is 1. The highest BCUT2D eigenvalue weighted by atomic mass is 16.3. The van der Waals surface area contributed by atoms with Crippen LogP contribution in [0.15, 0.2) is 12.1 Å². The van der Waals surface area contributed by atoms with Crippen LogP contribution in [0.5, 0.6) is 5.75 Å². The van der Waals surface area contributed by atoms with Crippen molar-refractivity contribution in [3.05, 3.63) is 28.8 Å². The first kappa shape index (κ1) is 13.9. The first-order valence-electron chi connectivity index (χ1n) is 7.82. The standard InChI is InChI=1S/C17H26N2O/c1-11-4-5-15(20)17-14(8-12(2)16(11)17)19-7-6-13(10-19)9-18-3/h4-5,12-14,18,20H,6-10H2,1-3H3. The maximum Gasteiger partial charge on any atom is 0.120 e. The lowest BCUT2D eigenvalue weighted by molar-refractivity contribution is 0.226. The monoisotopic (exact) mass is 274 g/mol. The molecule has 0 aromatic heterocycles. The average molecular weight is 274 g/mol. The zero-order chi connectivity index (χ0) is 14.3. The minimum absolute atomic E-state index is 0.418. The number of likely N-dealkylation sites (tertiary alicyclic amines) is 1. The van der Waals surface area contributed by atoms with E-state index in [0.29, 0.717) is 17.7 Å². The van der Waals surface area contributed by atoms with Crippen LogP contribution in [0.2, 0.25) is 0 Å². The van der Waals surface area contributed by atoms with Crippen molar-refractivity contribution in [3.63, 3.8) is 0 Å². The van der Waals surface area contributed by atoms with Gasteiger partial charge in [0, 0.05) is 18.2 Å². The van der Waals surface area contributed by atoms with Crippen molar-refractivity contribution in [1.82, 2.24) is 10.2 Å². The Balaban J connectivity index is 1.87. The second-order valence-corrected chi connectivity index (χ2v) is 6.59. The van der Waals surface area contributed by atoms with E-state index in [9.17, 15) is 5.11 Å². The van der Waals surface area contributed by atoms with Crippen LogP contribution >= 0.6 is 0 Å². The molecule has 110 valence electrons. The second-order valence-electron chi connectivity index (χ2n) is 6.59. The fourth-order valence-corrected chi connectivity index (χ4v) is 4.24. The highest BCUT2D eigenvalue weighted by Gasteiger charge is 2.38. The zero-order valence-corrected chi connectivity index (χ0v) is 12.8. The van der Waals surface area contributed by atoms with Gasteiger partial charge >= 0.3 is 0 Å². The van der Waals surface area contributed by atoms with Crippen LogP contribution in [-0.4, -0.2) is 36.7 Å². The molecule has 3 atom stereocenters. The van der Waals surface area contributed by atoms with Gasteiger partial charge in [-0.25, -0.2) is 0 Å². The Morgan fingerprint density at radius 1 is 1.35 bits per heavy atom. The topological polar surface area (TPSA) is 35.5 Å². The number of nitrogens with zero attached hydrogens (tertiary/aromatic N) is 1. The molecule has 1 aromatic carbocycles. The Morgan fingerprint density at radius 2 is 2.15 bits per heavy atom. The number of hydrogen-bond acceptors (Lipinski definition) is 3. The number of nitrogens with one attached hydrogen (secondary N) is 1. The van der Waals surface area contributed by atoms with E-state index >= 15 is 0 Å². The van der Waals surface area contributed by atoms with Gasteiger partial charge in [-0.2, -0.15) is 0 Å². The third kappa shape index (κ3) is 2.23. The van der Waals surface area contributed by atoms with Crippen molar-refractivity contribution in [3.8, 4) is 5.75 Å². The number of aromatic hydroxyl groups is 1. The molecule has 3 nitrogen and oxygen atoms in total. The summed E-state index contributed by atoms with van der Waals surface area (Å²) in [5.41, 5.74) is 3.94. The summed E-state index contributed by atoms with van der Waals surface area (Å²) < 4.78 is 0. The lowest BCUT2D eigenvalue weighted by atomic mass is 9.97. The van der Waals surface area contributed by atoms with Crippen LogP contribution in [0.3, 0.4) is 0 Å². The van der Waals surface area contributed by atoms with Crippen LogP contribution in [0.1, 0.15) is 48.4 Å². The minimum atomic E-state index is 0.418. The maximum absolute atomic E-state index is 10.3. The van der Waals surface area contributed by atoms with Crippen LogP contribution in [0.4, 0.5) is 0 Å². The molecule has 1 fully saturated rings. The molecule has 0 spiro atoms. The van der Waals surface area contributed by atoms with Gasteiger partial charge < -0.3 is 10.4 Å². The van der Waals surface area contributed by atoms with Gasteiger partial charge in [-0.1, -0.05) is 13.0 Å². The summed E-state index contributed by atoms with van der Waals surface area (Å²) >= 11 is 0. The van der Waals surface area contributed by atoms with Crippen LogP contribution in [-0.2, 0) is 0 Å². The van der Waals surface area contributed by atoms with Crippen molar-refractivity contribution in [2.24, 2.45) is 5.92 Å². The van der Waals surface area contributed by atoms with Gasteiger partial charge in [-0.3, -0.25) is 4.90 Å². The lowest BCUT2D eigenvalue weighted by Gasteiger charge is -2.25. The Kier molecular flexibility index (Phi) is 3.74. The first-order chi connectivity index (χ1) is 9.61. The molecule has 3 unspecified atom stereocenters. The molecule has 1 aliphatic carbocycles. The third-order valence-electron chi connectivity index (χ3n) is 5.14. The van der Waals surface area contributed by atoms with Gasteiger partial charge in [0.25, 0.3) is 0 Å². The molecule has 0 amide bonds.